The van der Waals surface area contributed by atoms with Gasteiger partial charge >= 0.3 is 0 Å². The number of fused-ring (bicyclic) bond motifs is 3. The van der Waals surface area contributed by atoms with Gasteiger partial charge in [0.05, 0.1) is 6.54 Å². The van der Waals surface area contributed by atoms with E-state index >= 15 is 0 Å². The molecule has 158 valence electrons. The van der Waals surface area contributed by atoms with Gasteiger partial charge in [0.2, 0.25) is 5.91 Å². The zero-order valence-corrected chi connectivity index (χ0v) is 17.5. The number of nitrogens with one attached hydrogen (secondary N) is 2. The predicted octanol–water partition coefficient (Wildman–Crippen LogP) is 0.723. The van der Waals surface area contributed by atoms with E-state index in [1.807, 2.05) is 0 Å². The smallest absolute Gasteiger partial charge is 0.225 e. The number of rotatable bonds is 5. The van der Waals surface area contributed by atoms with Gasteiger partial charge in [-0.25, -0.2) is 0 Å². The number of aliphatic imine (C=N–C) groups is 1. The third kappa shape index (κ3) is 4.79. The average molecular weight is 391 g/mol. The van der Waals surface area contributed by atoms with Crippen LogP contribution in [0.2, 0.25) is 0 Å². The number of guanidine groups is 1. The lowest BCUT2D eigenvalue weighted by molar-refractivity contribution is -0.135. The second kappa shape index (κ2) is 9.44. The van der Waals surface area contributed by atoms with Gasteiger partial charge < -0.3 is 15.5 Å². The van der Waals surface area contributed by atoms with Crippen LogP contribution in [-0.4, -0.2) is 97.6 Å². The van der Waals surface area contributed by atoms with Crippen LogP contribution in [0.15, 0.2) is 4.99 Å². The Hall–Kier alpha value is -1.34. The summed E-state index contributed by atoms with van der Waals surface area (Å²) >= 11 is 0. The second-order valence-electron chi connectivity index (χ2n) is 8.96. The van der Waals surface area contributed by atoms with E-state index in [9.17, 15) is 4.79 Å². The minimum absolute atomic E-state index is 0.278. The minimum Gasteiger partial charge on any atom is -0.357 e. The van der Waals surface area contributed by atoms with E-state index in [4.69, 9.17) is 4.99 Å². The van der Waals surface area contributed by atoms with Crippen LogP contribution in [0.25, 0.3) is 0 Å². The number of hydrogen-bond donors (Lipinski definition) is 2. The van der Waals surface area contributed by atoms with Gasteiger partial charge in [-0.2, -0.15) is 0 Å². The second-order valence-corrected chi connectivity index (χ2v) is 8.96. The summed E-state index contributed by atoms with van der Waals surface area (Å²) < 4.78 is 0. The maximum Gasteiger partial charge on any atom is 0.225 e. The molecule has 0 radical (unpaired) electrons. The Labute approximate surface area is 169 Å². The van der Waals surface area contributed by atoms with Gasteiger partial charge in [0.25, 0.3) is 0 Å². The zero-order chi connectivity index (χ0) is 19.3. The molecule has 2 bridgehead atoms. The highest BCUT2D eigenvalue weighted by atomic mass is 16.2. The van der Waals surface area contributed by atoms with Crippen LogP contribution < -0.4 is 10.6 Å². The number of amides is 1. The van der Waals surface area contributed by atoms with Crippen LogP contribution >= 0.6 is 0 Å². The molecule has 5 rings (SSSR count). The molecule has 2 N–H and O–H groups in total. The van der Waals surface area contributed by atoms with Crippen LogP contribution in [0.3, 0.4) is 0 Å². The third-order valence-corrected chi connectivity index (χ3v) is 6.99. The summed E-state index contributed by atoms with van der Waals surface area (Å²) in [6.07, 6.45) is 6.94. The molecule has 1 saturated carbocycles. The molecule has 5 fully saturated rings. The van der Waals surface area contributed by atoms with Crippen LogP contribution in [-0.2, 0) is 4.79 Å². The standard InChI is InChI=1S/C21H38N6O/c1-2-22-21(23-14-19-16-25-10-12-26(19)13-11-25)24-18-8-9-27(15-18)20(28)17-6-4-3-5-7-17/h17-19H,2-16H2,1H3,(H2,22,23,24). The van der Waals surface area contributed by atoms with Crippen molar-refractivity contribution in [1.29, 1.82) is 0 Å². The molecule has 7 nitrogen and oxygen atoms in total. The van der Waals surface area contributed by atoms with Crippen LogP contribution in [0.4, 0.5) is 0 Å². The fourth-order valence-corrected chi connectivity index (χ4v) is 5.29. The van der Waals surface area contributed by atoms with Gasteiger partial charge in [0, 0.05) is 70.4 Å². The Morgan fingerprint density at radius 1 is 1.00 bits per heavy atom. The largest absolute Gasteiger partial charge is 0.357 e. The van der Waals surface area contributed by atoms with E-state index in [1.54, 1.807) is 0 Å². The normalized spacial score (nSPS) is 33.9. The molecule has 28 heavy (non-hydrogen) atoms. The molecular formula is C21H38N6O. The molecule has 2 atom stereocenters. The highest BCUT2D eigenvalue weighted by molar-refractivity contribution is 5.81. The number of carbonyl (C=O) groups is 1. The highest BCUT2D eigenvalue weighted by Crippen LogP contribution is 2.26. The average Bonchev–Trinajstić information content (AvgIpc) is 3.21. The summed E-state index contributed by atoms with van der Waals surface area (Å²) in [5.74, 6) is 1.59. The predicted molar refractivity (Wildman–Crippen MR) is 112 cm³/mol. The molecule has 2 unspecified atom stereocenters. The molecule has 0 aromatic heterocycles. The molecule has 4 aliphatic heterocycles. The minimum atomic E-state index is 0.278. The lowest BCUT2D eigenvalue weighted by Crippen LogP contribution is -2.62. The molecule has 1 amide bonds. The Kier molecular flexibility index (Phi) is 6.73. The van der Waals surface area contributed by atoms with Crippen molar-refractivity contribution in [2.24, 2.45) is 10.9 Å². The summed E-state index contributed by atoms with van der Waals surface area (Å²) in [6.45, 7) is 11.5. The van der Waals surface area contributed by atoms with E-state index < -0.39 is 0 Å². The number of likely N-dealkylation sites (tertiary alicyclic amines) is 1. The van der Waals surface area contributed by atoms with Crippen molar-refractivity contribution in [2.45, 2.75) is 57.5 Å². The maximum atomic E-state index is 12.8. The van der Waals surface area contributed by atoms with Gasteiger partial charge in [0.15, 0.2) is 5.96 Å². The first-order valence-electron chi connectivity index (χ1n) is 11.5. The maximum absolute atomic E-state index is 12.8. The lowest BCUT2D eigenvalue weighted by Gasteiger charge is -2.47. The molecular weight excluding hydrogens is 352 g/mol. The monoisotopic (exact) mass is 390 g/mol. The van der Waals surface area contributed by atoms with E-state index in [2.05, 4.69) is 32.3 Å². The van der Waals surface area contributed by atoms with Crippen molar-refractivity contribution in [3.8, 4) is 0 Å². The topological polar surface area (TPSA) is 63.2 Å². The van der Waals surface area contributed by atoms with E-state index in [0.29, 0.717) is 18.0 Å². The fraction of sp³-hybridized carbons (Fsp3) is 0.905. The molecule has 4 heterocycles. The summed E-state index contributed by atoms with van der Waals surface area (Å²) in [5, 5.41) is 7.01. The summed E-state index contributed by atoms with van der Waals surface area (Å²) in [7, 11) is 0. The molecule has 1 aliphatic carbocycles. The highest BCUT2D eigenvalue weighted by Gasteiger charge is 2.33. The van der Waals surface area contributed by atoms with Gasteiger partial charge in [-0.3, -0.25) is 19.6 Å². The molecule has 7 heteroatoms. The van der Waals surface area contributed by atoms with E-state index in [1.165, 1.54) is 45.4 Å². The van der Waals surface area contributed by atoms with E-state index in [-0.39, 0.29) is 5.92 Å². The van der Waals surface area contributed by atoms with Crippen LogP contribution in [0.5, 0.6) is 0 Å². The van der Waals surface area contributed by atoms with Gasteiger partial charge in [0.1, 0.15) is 0 Å². The van der Waals surface area contributed by atoms with Crippen molar-refractivity contribution in [2.75, 3.05) is 58.9 Å². The molecule has 4 saturated heterocycles. The summed E-state index contributed by atoms with van der Waals surface area (Å²) in [5.41, 5.74) is 0. The first kappa shape index (κ1) is 20.0. The van der Waals surface area contributed by atoms with Crippen molar-refractivity contribution < 1.29 is 4.79 Å². The summed E-state index contributed by atoms with van der Waals surface area (Å²) in [6, 6.07) is 0.864. The van der Waals surface area contributed by atoms with Crippen molar-refractivity contribution in [3.05, 3.63) is 0 Å². The molecule has 0 aromatic rings. The Morgan fingerprint density at radius 3 is 2.46 bits per heavy atom. The van der Waals surface area contributed by atoms with Gasteiger partial charge in [-0.1, -0.05) is 19.3 Å². The van der Waals surface area contributed by atoms with Crippen LogP contribution in [0, 0.1) is 5.92 Å². The SMILES string of the molecule is CCNC(=NCC1CN2CCN1CC2)NC1CCN(C(=O)C2CCCCC2)C1. The molecule has 0 spiro atoms. The van der Waals surface area contributed by atoms with Crippen molar-refractivity contribution >= 4 is 11.9 Å². The first-order chi connectivity index (χ1) is 13.7. The van der Waals surface area contributed by atoms with E-state index in [0.717, 1.165) is 57.9 Å². The molecule has 0 aromatic carbocycles. The Morgan fingerprint density at radius 2 is 1.79 bits per heavy atom. The van der Waals surface area contributed by atoms with Crippen LogP contribution in [0.1, 0.15) is 45.4 Å². The van der Waals surface area contributed by atoms with Gasteiger partial charge in [-0.15, -0.1) is 0 Å². The van der Waals surface area contributed by atoms with Crippen molar-refractivity contribution in [1.82, 2.24) is 25.3 Å². The number of nitrogens with zero attached hydrogens (tertiary/aromatic N) is 4. The number of hydrogen-bond acceptors (Lipinski definition) is 4. The lowest BCUT2D eigenvalue weighted by atomic mass is 9.88. The third-order valence-electron chi connectivity index (χ3n) is 6.99. The molecule has 5 aliphatic rings. The zero-order valence-electron chi connectivity index (χ0n) is 17.5. The Balaban J connectivity index is 1.28. The Bertz CT molecular complexity index is 553. The first-order valence-corrected chi connectivity index (χ1v) is 11.5. The summed E-state index contributed by atoms with van der Waals surface area (Å²) in [4.78, 5) is 25.0. The van der Waals surface area contributed by atoms with Gasteiger partial charge in [-0.05, 0) is 26.2 Å². The van der Waals surface area contributed by atoms with Crippen molar-refractivity contribution in [3.63, 3.8) is 0 Å². The number of piperazine rings is 3. The fourth-order valence-electron chi connectivity index (χ4n) is 5.29. The number of carbonyl (C=O) groups excluding carboxylic acids is 1. The quantitative estimate of drug-likeness (QED) is 0.535.